The lowest BCUT2D eigenvalue weighted by molar-refractivity contribution is 0.175. The third-order valence-corrected chi connectivity index (χ3v) is 2.69. The van der Waals surface area contributed by atoms with E-state index in [9.17, 15) is 5.11 Å². The number of nitrogens with zero attached hydrogens (tertiary/aromatic N) is 1. The number of rotatable bonds is 2. The van der Waals surface area contributed by atoms with Crippen LogP contribution in [0.15, 0.2) is 34.9 Å². The molecule has 3 heteroatoms. The van der Waals surface area contributed by atoms with Crippen molar-refractivity contribution in [2.45, 2.75) is 19.6 Å². The molecule has 0 saturated carbocycles. The first-order valence-corrected chi connectivity index (χ1v) is 5.38. The van der Waals surface area contributed by atoms with E-state index in [1.165, 1.54) is 5.39 Å². The van der Waals surface area contributed by atoms with Crippen molar-refractivity contribution in [3.63, 3.8) is 0 Å². The summed E-state index contributed by atoms with van der Waals surface area (Å²) < 4.78 is 3.13. The minimum absolute atomic E-state index is 0.315. The summed E-state index contributed by atoms with van der Waals surface area (Å²) in [7, 11) is 0. The van der Waals surface area contributed by atoms with Crippen LogP contribution in [0.3, 0.4) is 0 Å². The van der Waals surface area contributed by atoms with E-state index in [1.54, 1.807) is 6.92 Å². The molecule has 0 spiro atoms. The van der Waals surface area contributed by atoms with Crippen LogP contribution in [0.25, 0.3) is 10.9 Å². The summed E-state index contributed by atoms with van der Waals surface area (Å²) in [6.45, 7) is 2.43. The Morgan fingerprint density at radius 2 is 2.21 bits per heavy atom. The van der Waals surface area contributed by atoms with E-state index < -0.39 is 0 Å². The number of aliphatic hydroxyl groups excluding tert-OH is 1. The normalized spacial score (nSPS) is 13.4. The Morgan fingerprint density at radius 1 is 1.43 bits per heavy atom. The van der Waals surface area contributed by atoms with Gasteiger partial charge in [0.2, 0.25) is 0 Å². The molecule has 1 aromatic carbocycles. The molecule has 2 nitrogen and oxygen atoms in total. The maximum Gasteiger partial charge on any atom is 0.0691 e. The van der Waals surface area contributed by atoms with E-state index in [4.69, 9.17) is 0 Å². The highest BCUT2D eigenvalue weighted by Gasteiger charge is 2.03. The van der Waals surface area contributed by atoms with Crippen LogP contribution in [0.2, 0.25) is 0 Å². The Kier molecular flexibility index (Phi) is 2.61. The third-order valence-electron chi connectivity index (χ3n) is 2.20. The molecule has 0 amide bonds. The van der Waals surface area contributed by atoms with Gasteiger partial charge in [0.25, 0.3) is 0 Å². The lowest BCUT2D eigenvalue weighted by Crippen LogP contribution is -2.10. The minimum Gasteiger partial charge on any atom is -0.392 e. The van der Waals surface area contributed by atoms with Crippen LogP contribution in [0.5, 0.6) is 0 Å². The third kappa shape index (κ3) is 1.83. The van der Waals surface area contributed by atoms with Crippen molar-refractivity contribution in [3.05, 3.63) is 34.9 Å². The molecular formula is C11H12BrNO. The van der Waals surface area contributed by atoms with Gasteiger partial charge < -0.3 is 9.67 Å². The molecule has 0 radical (unpaired) electrons. The number of hydrogen-bond donors (Lipinski definition) is 1. The van der Waals surface area contributed by atoms with Crippen LogP contribution in [0, 0.1) is 0 Å². The monoisotopic (exact) mass is 253 g/mol. The van der Waals surface area contributed by atoms with Crippen molar-refractivity contribution < 1.29 is 5.11 Å². The van der Waals surface area contributed by atoms with E-state index in [-0.39, 0.29) is 6.10 Å². The molecule has 0 saturated heterocycles. The molecule has 14 heavy (non-hydrogen) atoms. The lowest BCUT2D eigenvalue weighted by atomic mass is 10.2. The van der Waals surface area contributed by atoms with Crippen LogP contribution in [-0.2, 0) is 6.54 Å². The molecule has 0 fully saturated rings. The van der Waals surface area contributed by atoms with Gasteiger partial charge in [-0.3, -0.25) is 0 Å². The molecule has 2 aromatic rings. The highest BCUT2D eigenvalue weighted by atomic mass is 79.9. The fraction of sp³-hybridized carbons (Fsp3) is 0.273. The Bertz CT molecular complexity index is 447. The van der Waals surface area contributed by atoms with Gasteiger partial charge in [-0.25, -0.2) is 0 Å². The second-order valence-electron chi connectivity index (χ2n) is 3.52. The summed E-state index contributed by atoms with van der Waals surface area (Å²) in [4.78, 5) is 0. The maximum atomic E-state index is 9.32. The van der Waals surface area contributed by atoms with Crippen molar-refractivity contribution >= 4 is 26.8 Å². The zero-order chi connectivity index (χ0) is 10.1. The molecule has 74 valence electrons. The molecule has 0 unspecified atom stereocenters. The molecule has 0 aliphatic carbocycles. The predicted octanol–water partition coefficient (Wildman–Crippen LogP) is 2.78. The number of fused-ring (bicyclic) bond motifs is 1. The first-order chi connectivity index (χ1) is 6.66. The molecule has 0 aliphatic heterocycles. The van der Waals surface area contributed by atoms with Gasteiger partial charge in [0.15, 0.2) is 0 Å². The van der Waals surface area contributed by atoms with Crippen molar-refractivity contribution in [1.82, 2.24) is 4.57 Å². The van der Waals surface area contributed by atoms with E-state index in [2.05, 4.69) is 38.7 Å². The van der Waals surface area contributed by atoms with Crippen molar-refractivity contribution in [3.8, 4) is 0 Å². The molecule has 1 atom stereocenters. The number of benzene rings is 1. The van der Waals surface area contributed by atoms with Crippen LogP contribution in [-0.4, -0.2) is 15.8 Å². The summed E-state index contributed by atoms with van der Waals surface area (Å²) in [6.07, 6.45) is 1.69. The van der Waals surface area contributed by atoms with Gasteiger partial charge in [0.1, 0.15) is 0 Å². The van der Waals surface area contributed by atoms with Gasteiger partial charge in [0, 0.05) is 22.7 Å². The number of halogens is 1. The molecule has 0 bridgehead atoms. The van der Waals surface area contributed by atoms with Crippen LogP contribution >= 0.6 is 15.9 Å². The first-order valence-electron chi connectivity index (χ1n) is 4.59. The molecule has 1 N–H and O–H groups in total. The van der Waals surface area contributed by atoms with Gasteiger partial charge in [0.05, 0.1) is 6.10 Å². The van der Waals surface area contributed by atoms with Gasteiger partial charge in [-0.15, -0.1) is 0 Å². The molecule has 1 heterocycles. The first kappa shape index (κ1) is 9.74. The molecule has 0 aliphatic rings. The molecular weight excluding hydrogens is 242 g/mol. The Labute approximate surface area is 91.3 Å². The fourth-order valence-electron chi connectivity index (χ4n) is 1.60. The summed E-state index contributed by atoms with van der Waals surface area (Å²) in [5.74, 6) is 0. The van der Waals surface area contributed by atoms with Gasteiger partial charge in [-0.2, -0.15) is 0 Å². The highest BCUT2D eigenvalue weighted by Crippen LogP contribution is 2.21. The van der Waals surface area contributed by atoms with Crippen molar-refractivity contribution in [1.29, 1.82) is 0 Å². The standard InChI is InChI=1S/C11H12BrNO/c1-8(14)7-13-5-4-9-2-3-10(12)6-11(9)13/h2-6,8,14H,7H2,1H3/t8-/m0/s1. The quantitative estimate of drug-likeness (QED) is 0.875. The van der Waals surface area contributed by atoms with E-state index in [1.807, 2.05) is 12.3 Å². The summed E-state index contributed by atoms with van der Waals surface area (Å²) >= 11 is 3.44. The largest absolute Gasteiger partial charge is 0.392 e. The van der Waals surface area contributed by atoms with Crippen molar-refractivity contribution in [2.24, 2.45) is 0 Å². The van der Waals surface area contributed by atoms with Crippen LogP contribution < -0.4 is 0 Å². The zero-order valence-corrected chi connectivity index (χ0v) is 9.53. The predicted molar refractivity (Wildman–Crippen MR) is 61.3 cm³/mol. The SMILES string of the molecule is C[C@H](O)Cn1ccc2ccc(Br)cc21. The highest BCUT2D eigenvalue weighted by molar-refractivity contribution is 9.10. The lowest BCUT2D eigenvalue weighted by Gasteiger charge is -2.07. The summed E-state index contributed by atoms with van der Waals surface area (Å²) in [5, 5.41) is 10.5. The Balaban J connectivity index is 2.50. The van der Waals surface area contributed by atoms with Crippen molar-refractivity contribution in [2.75, 3.05) is 0 Å². The maximum absolute atomic E-state index is 9.32. The Hall–Kier alpha value is -0.800. The smallest absolute Gasteiger partial charge is 0.0691 e. The topological polar surface area (TPSA) is 25.2 Å². The van der Waals surface area contributed by atoms with E-state index in [0.717, 1.165) is 9.99 Å². The number of aliphatic hydroxyl groups is 1. The summed E-state index contributed by atoms with van der Waals surface area (Å²) in [5.41, 5.74) is 1.15. The van der Waals surface area contributed by atoms with Gasteiger partial charge >= 0.3 is 0 Å². The van der Waals surface area contributed by atoms with Crippen LogP contribution in [0.1, 0.15) is 6.92 Å². The average molecular weight is 254 g/mol. The second kappa shape index (κ2) is 3.75. The summed E-state index contributed by atoms with van der Waals surface area (Å²) in [6, 6.07) is 8.22. The van der Waals surface area contributed by atoms with Gasteiger partial charge in [-0.05, 0) is 30.5 Å². The fourth-order valence-corrected chi connectivity index (χ4v) is 1.95. The average Bonchev–Trinajstić information content (AvgIpc) is 2.47. The number of aromatic nitrogens is 1. The van der Waals surface area contributed by atoms with E-state index in [0.29, 0.717) is 6.54 Å². The molecule has 1 aromatic heterocycles. The second-order valence-corrected chi connectivity index (χ2v) is 4.44. The minimum atomic E-state index is -0.315. The Morgan fingerprint density at radius 3 is 2.93 bits per heavy atom. The van der Waals surface area contributed by atoms with E-state index >= 15 is 0 Å². The molecule has 2 rings (SSSR count). The zero-order valence-electron chi connectivity index (χ0n) is 7.94. The van der Waals surface area contributed by atoms with Gasteiger partial charge in [-0.1, -0.05) is 22.0 Å². The number of hydrogen-bond acceptors (Lipinski definition) is 1. The van der Waals surface area contributed by atoms with Crippen LogP contribution in [0.4, 0.5) is 0 Å².